The highest BCUT2D eigenvalue weighted by Gasteiger charge is 2.14. The van der Waals surface area contributed by atoms with Gasteiger partial charge in [-0.2, -0.15) is 11.8 Å². The minimum Gasteiger partial charge on any atom is -0.383 e. The third-order valence-corrected chi connectivity index (χ3v) is 4.56. The van der Waals surface area contributed by atoms with E-state index in [0.717, 1.165) is 29.1 Å². The summed E-state index contributed by atoms with van der Waals surface area (Å²) in [5.74, 6) is 2.26. The molecular formula is C13H18BrNOS. The summed E-state index contributed by atoms with van der Waals surface area (Å²) in [4.78, 5) is 0. The van der Waals surface area contributed by atoms with Crippen LogP contribution in [0.15, 0.2) is 28.7 Å². The summed E-state index contributed by atoms with van der Waals surface area (Å²) >= 11 is 5.50. The Bertz CT molecular complexity index is 342. The average Bonchev–Trinajstić information content (AvgIpc) is 2.84. The first kappa shape index (κ1) is 13.2. The first-order valence-corrected chi connectivity index (χ1v) is 7.99. The molecule has 0 radical (unpaired) electrons. The van der Waals surface area contributed by atoms with Gasteiger partial charge in [0.15, 0.2) is 0 Å². The van der Waals surface area contributed by atoms with Crippen molar-refractivity contribution in [3.63, 3.8) is 0 Å². The lowest BCUT2D eigenvalue weighted by molar-refractivity contribution is 0.129. The molecule has 1 saturated heterocycles. The van der Waals surface area contributed by atoms with Gasteiger partial charge < -0.3 is 10.1 Å². The normalized spacial score (nSPS) is 19.5. The number of benzene rings is 1. The van der Waals surface area contributed by atoms with Crippen molar-refractivity contribution < 1.29 is 4.74 Å². The van der Waals surface area contributed by atoms with Gasteiger partial charge in [0, 0.05) is 34.8 Å². The molecule has 1 aliphatic rings. The van der Waals surface area contributed by atoms with Crippen LogP contribution >= 0.6 is 27.7 Å². The van der Waals surface area contributed by atoms with Crippen molar-refractivity contribution >= 4 is 33.4 Å². The third kappa shape index (κ3) is 4.53. The lowest BCUT2D eigenvalue weighted by Crippen LogP contribution is -2.11. The molecule has 0 aromatic heterocycles. The highest BCUT2D eigenvalue weighted by molar-refractivity contribution is 9.10. The molecule has 2 rings (SSSR count). The van der Waals surface area contributed by atoms with Crippen molar-refractivity contribution in [2.75, 3.05) is 30.0 Å². The Kier molecular flexibility index (Phi) is 5.68. The molecule has 0 bridgehead atoms. The number of nitrogens with one attached hydrogen (secondary N) is 1. The molecule has 1 aromatic carbocycles. The zero-order valence-electron chi connectivity index (χ0n) is 9.82. The summed E-state index contributed by atoms with van der Waals surface area (Å²) < 4.78 is 6.72. The van der Waals surface area contributed by atoms with Gasteiger partial charge in [0.05, 0.1) is 6.10 Å². The highest BCUT2D eigenvalue weighted by atomic mass is 79.9. The molecule has 94 valence electrons. The molecule has 1 heterocycles. The molecule has 1 unspecified atom stereocenters. The van der Waals surface area contributed by atoms with Crippen LogP contribution in [0.3, 0.4) is 0 Å². The third-order valence-electron chi connectivity index (χ3n) is 2.76. The smallest absolute Gasteiger partial charge is 0.0666 e. The summed E-state index contributed by atoms with van der Waals surface area (Å²) in [6.07, 6.45) is 2.98. The zero-order valence-corrected chi connectivity index (χ0v) is 12.2. The monoisotopic (exact) mass is 315 g/mol. The summed E-state index contributed by atoms with van der Waals surface area (Å²) in [7, 11) is 0. The predicted molar refractivity (Wildman–Crippen MR) is 78.9 cm³/mol. The van der Waals surface area contributed by atoms with Crippen molar-refractivity contribution in [2.45, 2.75) is 18.9 Å². The molecule has 0 spiro atoms. The van der Waals surface area contributed by atoms with Crippen molar-refractivity contribution in [1.82, 2.24) is 0 Å². The molecule has 1 aromatic rings. The topological polar surface area (TPSA) is 21.3 Å². The molecule has 4 heteroatoms. The fraction of sp³-hybridized carbons (Fsp3) is 0.538. The first-order valence-electron chi connectivity index (χ1n) is 6.04. The Morgan fingerprint density at radius 1 is 1.41 bits per heavy atom. The second kappa shape index (κ2) is 7.29. The summed E-state index contributed by atoms with van der Waals surface area (Å²) in [6, 6.07) is 8.23. The van der Waals surface area contributed by atoms with E-state index in [1.807, 2.05) is 23.9 Å². The Hall–Kier alpha value is -0.190. The van der Waals surface area contributed by atoms with E-state index < -0.39 is 0 Å². The van der Waals surface area contributed by atoms with E-state index in [-0.39, 0.29) is 0 Å². The van der Waals surface area contributed by atoms with Crippen molar-refractivity contribution in [1.29, 1.82) is 0 Å². The van der Waals surface area contributed by atoms with Crippen LogP contribution in [0, 0.1) is 0 Å². The second-order valence-corrected chi connectivity index (χ2v) is 6.12. The maximum atomic E-state index is 5.59. The van der Waals surface area contributed by atoms with E-state index in [1.54, 1.807) is 0 Å². The number of ether oxygens (including phenoxy) is 1. The number of anilines is 1. The van der Waals surface area contributed by atoms with Gasteiger partial charge in [-0.15, -0.1) is 0 Å². The van der Waals surface area contributed by atoms with Crippen LogP contribution in [-0.4, -0.2) is 30.8 Å². The highest BCUT2D eigenvalue weighted by Crippen LogP contribution is 2.21. The minimum absolute atomic E-state index is 0.503. The quantitative estimate of drug-likeness (QED) is 0.807. The average molecular weight is 316 g/mol. The van der Waals surface area contributed by atoms with Gasteiger partial charge in [0.2, 0.25) is 0 Å². The largest absolute Gasteiger partial charge is 0.383 e. The lowest BCUT2D eigenvalue weighted by Gasteiger charge is -2.10. The van der Waals surface area contributed by atoms with Crippen molar-refractivity contribution in [3.05, 3.63) is 28.7 Å². The number of halogens is 1. The second-order valence-electron chi connectivity index (χ2n) is 4.12. The fourth-order valence-electron chi connectivity index (χ4n) is 1.85. The molecule has 1 N–H and O–H groups in total. The number of para-hydroxylation sites is 1. The fourth-order valence-corrected chi connectivity index (χ4v) is 3.22. The van der Waals surface area contributed by atoms with Crippen LogP contribution in [0.1, 0.15) is 12.8 Å². The van der Waals surface area contributed by atoms with E-state index >= 15 is 0 Å². The molecule has 0 saturated carbocycles. The molecule has 17 heavy (non-hydrogen) atoms. The standard InChI is InChI=1S/C13H18BrNOS/c14-12-5-1-2-6-13(12)15-7-9-17-10-11-4-3-8-16-11/h1-2,5-6,11,15H,3-4,7-10H2. The van der Waals surface area contributed by atoms with E-state index in [2.05, 4.69) is 33.4 Å². The van der Waals surface area contributed by atoms with E-state index in [0.29, 0.717) is 6.10 Å². The van der Waals surface area contributed by atoms with Gasteiger partial charge in [-0.3, -0.25) is 0 Å². The lowest BCUT2D eigenvalue weighted by atomic mass is 10.3. The number of rotatable bonds is 6. The van der Waals surface area contributed by atoms with Gasteiger partial charge in [-0.25, -0.2) is 0 Å². The van der Waals surface area contributed by atoms with Crippen molar-refractivity contribution in [2.24, 2.45) is 0 Å². The van der Waals surface area contributed by atoms with E-state index in [1.165, 1.54) is 18.5 Å². The summed E-state index contributed by atoms with van der Waals surface area (Å²) in [5.41, 5.74) is 1.17. The van der Waals surface area contributed by atoms with Gasteiger partial charge in [-0.05, 0) is 40.9 Å². The molecular weight excluding hydrogens is 298 g/mol. The van der Waals surface area contributed by atoms with E-state index in [4.69, 9.17) is 4.74 Å². The first-order chi connectivity index (χ1) is 8.36. The molecule has 0 aliphatic carbocycles. The SMILES string of the molecule is Brc1ccccc1NCCSCC1CCCO1. The number of thioether (sulfide) groups is 1. The predicted octanol–water partition coefficient (Wildman–Crippen LogP) is 3.77. The van der Waals surface area contributed by atoms with E-state index in [9.17, 15) is 0 Å². The Morgan fingerprint density at radius 2 is 2.29 bits per heavy atom. The van der Waals surface area contributed by atoms with Crippen LogP contribution in [-0.2, 0) is 4.74 Å². The molecule has 1 atom stereocenters. The number of hydrogen-bond acceptors (Lipinski definition) is 3. The number of hydrogen-bond donors (Lipinski definition) is 1. The van der Waals surface area contributed by atoms with Crippen LogP contribution in [0.5, 0.6) is 0 Å². The Labute approximate surface area is 116 Å². The summed E-state index contributed by atoms with van der Waals surface area (Å²) in [6.45, 7) is 1.96. The van der Waals surface area contributed by atoms with Gasteiger partial charge in [-0.1, -0.05) is 12.1 Å². The maximum Gasteiger partial charge on any atom is 0.0666 e. The maximum absolute atomic E-state index is 5.59. The zero-order chi connectivity index (χ0) is 11.9. The summed E-state index contributed by atoms with van der Waals surface area (Å²) in [5, 5.41) is 3.43. The van der Waals surface area contributed by atoms with Crippen LogP contribution in [0.4, 0.5) is 5.69 Å². The van der Waals surface area contributed by atoms with Crippen molar-refractivity contribution in [3.8, 4) is 0 Å². The molecule has 1 aliphatic heterocycles. The Morgan fingerprint density at radius 3 is 3.06 bits per heavy atom. The Balaban J connectivity index is 1.58. The van der Waals surface area contributed by atoms with Crippen LogP contribution in [0.2, 0.25) is 0 Å². The van der Waals surface area contributed by atoms with Gasteiger partial charge in [0.1, 0.15) is 0 Å². The molecule has 1 fully saturated rings. The van der Waals surface area contributed by atoms with Crippen LogP contribution < -0.4 is 5.32 Å². The van der Waals surface area contributed by atoms with Gasteiger partial charge in [0.25, 0.3) is 0 Å². The van der Waals surface area contributed by atoms with Gasteiger partial charge >= 0.3 is 0 Å². The molecule has 2 nitrogen and oxygen atoms in total. The minimum atomic E-state index is 0.503. The van der Waals surface area contributed by atoms with Crippen LogP contribution in [0.25, 0.3) is 0 Å². The molecule has 0 amide bonds.